The van der Waals surface area contributed by atoms with Crippen molar-refractivity contribution < 1.29 is 23.6 Å². The van der Waals surface area contributed by atoms with Gasteiger partial charge in [0.15, 0.2) is 11.9 Å². The average molecular weight is 300 g/mol. The van der Waals surface area contributed by atoms with Gasteiger partial charge in [0.05, 0.1) is 6.10 Å². The molecule has 5 unspecified atom stereocenters. The highest BCUT2D eigenvalue weighted by atomic mass is 31.0. The van der Waals surface area contributed by atoms with Crippen molar-refractivity contribution >= 4 is 21.4 Å². The molecule has 1 saturated heterocycles. The van der Waals surface area contributed by atoms with Gasteiger partial charge in [-0.1, -0.05) is 26.8 Å². The Bertz CT molecular complexity index is 431. The SMILES string of the molecule is CCC(C)(C)C(=O)/C=C/C1C(OP)CC2OC(=O)OC21. The Morgan fingerprint density at radius 3 is 2.80 bits per heavy atom. The second-order valence-electron chi connectivity index (χ2n) is 5.94. The predicted molar refractivity (Wildman–Crippen MR) is 76.1 cm³/mol. The standard InChI is InChI=1S/C14H21O5P/c1-4-14(2,3)11(15)6-5-8-9(19-20)7-10-12(8)18-13(16)17-10/h5-6,8-10,12H,4,7,20H2,1-3H3/b6-5+. The summed E-state index contributed by atoms with van der Waals surface area (Å²) >= 11 is 0. The molecule has 5 nitrogen and oxygen atoms in total. The van der Waals surface area contributed by atoms with Crippen LogP contribution in [0.1, 0.15) is 33.6 Å². The zero-order valence-electron chi connectivity index (χ0n) is 12.0. The molecule has 1 saturated carbocycles. The maximum absolute atomic E-state index is 12.1. The van der Waals surface area contributed by atoms with Crippen LogP contribution in [0, 0.1) is 11.3 Å². The number of hydrogen-bond acceptors (Lipinski definition) is 5. The first kappa shape index (κ1) is 15.5. The summed E-state index contributed by atoms with van der Waals surface area (Å²) in [5.41, 5.74) is -0.380. The number of carbonyl (C=O) groups excluding carboxylic acids is 2. The fourth-order valence-corrected chi connectivity index (χ4v) is 2.78. The van der Waals surface area contributed by atoms with Crippen molar-refractivity contribution in [1.29, 1.82) is 0 Å². The molecule has 0 N–H and O–H groups in total. The van der Waals surface area contributed by atoms with E-state index in [1.54, 1.807) is 12.2 Å². The summed E-state index contributed by atoms with van der Waals surface area (Å²) in [6.45, 7) is 5.82. The summed E-state index contributed by atoms with van der Waals surface area (Å²) in [5.74, 6) is -0.0863. The Labute approximate surface area is 121 Å². The van der Waals surface area contributed by atoms with E-state index < -0.39 is 6.16 Å². The quantitative estimate of drug-likeness (QED) is 0.444. The van der Waals surface area contributed by atoms with Crippen LogP contribution in [-0.2, 0) is 18.8 Å². The van der Waals surface area contributed by atoms with Crippen LogP contribution in [0.4, 0.5) is 4.79 Å². The monoisotopic (exact) mass is 300 g/mol. The Balaban J connectivity index is 2.10. The first-order valence-corrected chi connectivity index (χ1v) is 7.31. The molecule has 2 fully saturated rings. The molecule has 0 aromatic rings. The smallest absolute Gasteiger partial charge is 0.427 e. The third-order valence-electron chi connectivity index (χ3n) is 4.32. The summed E-state index contributed by atoms with van der Waals surface area (Å²) in [6, 6.07) is 0. The summed E-state index contributed by atoms with van der Waals surface area (Å²) in [5, 5.41) is 0. The van der Waals surface area contributed by atoms with Crippen molar-refractivity contribution in [3.05, 3.63) is 12.2 Å². The van der Waals surface area contributed by atoms with Crippen molar-refractivity contribution in [3.63, 3.8) is 0 Å². The van der Waals surface area contributed by atoms with Crippen LogP contribution >= 0.6 is 9.47 Å². The van der Waals surface area contributed by atoms with E-state index in [1.807, 2.05) is 20.8 Å². The van der Waals surface area contributed by atoms with E-state index in [2.05, 4.69) is 9.47 Å². The van der Waals surface area contributed by atoms with Crippen molar-refractivity contribution in [2.75, 3.05) is 0 Å². The van der Waals surface area contributed by atoms with Crippen molar-refractivity contribution in [2.45, 2.75) is 51.9 Å². The molecular formula is C14H21O5P. The lowest BCUT2D eigenvalue weighted by Crippen LogP contribution is -2.26. The Hall–Kier alpha value is -0.930. The van der Waals surface area contributed by atoms with Crippen LogP contribution in [0.15, 0.2) is 12.2 Å². The molecule has 0 aromatic carbocycles. The number of hydrogen-bond donors (Lipinski definition) is 0. The van der Waals surface area contributed by atoms with Crippen LogP contribution in [-0.4, -0.2) is 30.3 Å². The van der Waals surface area contributed by atoms with E-state index in [9.17, 15) is 9.59 Å². The molecule has 5 atom stereocenters. The molecule has 1 aliphatic carbocycles. The van der Waals surface area contributed by atoms with Gasteiger partial charge in [-0.3, -0.25) is 4.79 Å². The lowest BCUT2D eigenvalue weighted by atomic mass is 9.84. The average Bonchev–Trinajstić information content (AvgIpc) is 2.91. The second kappa shape index (κ2) is 5.82. The first-order valence-electron chi connectivity index (χ1n) is 6.84. The highest BCUT2D eigenvalue weighted by Crippen LogP contribution is 2.39. The van der Waals surface area contributed by atoms with Gasteiger partial charge in [0.2, 0.25) is 0 Å². The third kappa shape index (κ3) is 2.89. The Morgan fingerprint density at radius 1 is 1.50 bits per heavy atom. The summed E-state index contributed by atoms with van der Waals surface area (Å²) in [4.78, 5) is 23.3. The largest absolute Gasteiger partial charge is 0.509 e. The highest BCUT2D eigenvalue weighted by molar-refractivity contribution is 7.09. The Kier molecular flexibility index (Phi) is 4.50. The van der Waals surface area contributed by atoms with Gasteiger partial charge in [-0.05, 0) is 12.5 Å². The molecule has 0 amide bonds. The number of carbonyl (C=O) groups is 2. The molecule has 6 heteroatoms. The van der Waals surface area contributed by atoms with Crippen LogP contribution in [0.3, 0.4) is 0 Å². The minimum Gasteiger partial charge on any atom is -0.427 e. The fourth-order valence-electron chi connectivity index (χ4n) is 2.49. The summed E-state index contributed by atoms with van der Waals surface area (Å²) in [6.07, 6.45) is 3.33. The molecule has 0 spiro atoms. The molecule has 2 aliphatic rings. The highest BCUT2D eigenvalue weighted by Gasteiger charge is 2.51. The zero-order chi connectivity index (χ0) is 14.9. The Morgan fingerprint density at radius 2 is 2.20 bits per heavy atom. The van der Waals surface area contributed by atoms with Crippen LogP contribution < -0.4 is 0 Å². The van der Waals surface area contributed by atoms with E-state index in [4.69, 9.17) is 14.0 Å². The van der Waals surface area contributed by atoms with Gasteiger partial charge in [-0.25, -0.2) is 4.79 Å². The lowest BCUT2D eigenvalue weighted by Gasteiger charge is -2.20. The topological polar surface area (TPSA) is 61.8 Å². The van der Waals surface area contributed by atoms with E-state index in [0.717, 1.165) is 6.42 Å². The normalized spacial score (nSPS) is 33.1. The van der Waals surface area contributed by atoms with E-state index in [0.29, 0.717) is 6.42 Å². The van der Waals surface area contributed by atoms with E-state index in [-0.39, 0.29) is 35.4 Å². The van der Waals surface area contributed by atoms with Gasteiger partial charge in [0.1, 0.15) is 6.10 Å². The van der Waals surface area contributed by atoms with Crippen LogP contribution in [0.5, 0.6) is 0 Å². The molecular weight excluding hydrogens is 279 g/mol. The molecule has 20 heavy (non-hydrogen) atoms. The number of rotatable bonds is 5. The predicted octanol–water partition coefficient (Wildman–Crippen LogP) is 2.65. The summed E-state index contributed by atoms with van der Waals surface area (Å²) in [7, 11) is 2.23. The fraction of sp³-hybridized carbons (Fsp3) is 0.714. The molecule has 0 aromatic heterocycles. The lowest BCUT2D eigenvalue weighted by molar-refractivity contribution is -0.122. The zero-order valence-corrected chi connectivity index (χ0v) is 13.2. The summed E-state index contributed by atoms with van der Waals surface area (Å²) < 4.78 is 15.6. The molecule has 1 heterocycles. The second-order valence-corrected chi connectivity index (χ2v) is 6.21. The number of ketones is 1. The van der Waals surface area contributed by atoms with Crippen LogP contribution in [0.2, 0.25) is 0 Å². The number of ether oxygens (including phenoxy) is 2. The van der Waals surface area contributed by atoms with Crippen molar-refractivity contribution in [1.82, 2.24) is 0 Å². The minimum absolute atomic E-state index is 0.0659. The molecule has 1 aliphatic heterocycles. The number of allylic oxidation sites excluding steroid dienone is 1. The van der Waals surface area contributed by atoms with Crippen LogP contribution in [0.25, 0.3) is 0 Å². The van der Waals surface area contributed by atoms with Crippen molar-refractivity contribution in [2.24, 2.45) is 11.3 Å². The van der Waals surface area contributed by atoms with Gasteiger partial charge in [-0.2, -0.15) is 0 Å². The molecule has 0 bridgehead atoms. The van der Waals surface area contributed by atoms with Gasteiger partial charge in [-0.15, -0.1) is 0 Å². The maximum atomic E-state index is 12.1. The maximum Gasteiger partial charge on any atom is 0.509 e. The minimum atomic E-state index is -0.638. The third-order valence-corrected chi connectivity index (χ3v) is 4.66. The van der Waals surface area contributed by atoms with E-state index in [1.165, 1.54) is 0 Å². The first-order chi connectivity index (χ1) is 9.39. The molecule has 112 valence electrons. The van der Waals surface area contributed by atoms with E-state index >= 15 is 0 Å². The van der Waals surface area contributed by atoms with Gasteiger partial charge >= 0.3 is 6.16 Å². The van der Waals surface area contributed by atoms with Crippen molar-refractivity contribution in [3.8, 4) is 0 Å². The van der Waals surface area contributed by atoms with Gasteiger partial charge in [0, 0.05) is 27.2 Å². The molecule has 2 rings (SSSR count). The molecule has 0 radical (unpaired) electrons. The number of fused-ring (bicyclic) bond motifs is 1. The van der Waals surface area contributed by atoms with Gasteiger partial charge < -0.3 is 14.0 Å². The van der Waals surface area contributed by atoms with Gasteiger partial charge in [0.25, 0.3) is 0 Å².